The minimum Gasteiger partial charge on any atom is -0.376 e. The monoisotopic (exact) mass is 460 g/mol. The molecule has 1 aromatic carbocycles. The van der Waals surface area contributed by atoms with Crippen LogP contribution in [0.1, 0.15) is 43.2 Å². The lowest BCUT2D eigenvalue weighted by molar-refractivity contribution is -0.265. The molecule has 1 saturated carbocycles. The van der Waals surface area contributed by atoms with Crippen molar-refractivity contribution in [3.63, 3.8) is 0 Å². The Hall–Kier alpha value is -1.32. The molecule has 0 aliphatic heterocycles. The quantitative estimate of drug-likeness (QED) is 0.511. The fraction of sp³-hybridized carbons (Fsp3) is 0.611. The number of anilines is 1. The number of nitrogens with one attached hydrogen (secondary N) is 2. The van der Waals surface area contributed by atoms with Gasteiger partial charge >= 0.3 is 12.2 Å². The maximum absolute atomic E-state index is 13.3. The van der Waals surface area contributed by atoms with E-state index in [1.807, 2.05) is 0 Å². The molecule has 3 N–H and O–H groups in total. The summed E-state index contributed by atoms with van der Waals surface area (Å²) >= 11 is 12.2. The van der Waals surface area contributed by atoms with Gasteiger partial charge in [-0.2, -0.15) is 13.2 Å². The first-order valence-corrected chi connectivity index (χ1v) is 9.83. The van der Waals surface area contributed by atoms with E-state index in [9.17, 15) is 31.9 Å². The van der Waals surface area contributed by atoms with E-state index in [1.54, 1.807) is 0 Å². The van der Waals surface area contributed by atoms with Gasteiger partial charge in [0.1, 0.15) is 0 Å². The highest BCUT2D eigenvalue weighted by molar-refractivity contribution is 6.40. The summed E-state index contributed by atoms with van der Waals surface area (Å²) < 4.78 is 66.1. The number of rotatable bonds is 3. The molecule has 1 fully saturated rings. The molecule has 1 aromatic rings. The molecule has 29 heavy (non-hydrogen) atoms. The molecule has 11 heteroatoms. The number of carbonyl (C=O) groups excluding carboxylic acids is 1. The van der Waals surface area contributed by atoms with Crippen LogP contribution in [0.5, 0.6) is 0 Å². The second kappa shape index (κ2) is 7.74. The number of aliphatic hydroxyl groups is 1. The van der Waals surface area contributed by atoms with Crippen LogP contribution >= 0.6 is 23.2 Å². The molecule has 2 aliphatic rings. The fourth-order valence-corrected chi connectivity index (χ4v) is 4.47. The van der Waals surface area contributed by atoms with Gasteiger partial charge in [0.25, 0.3) is 0 Å². The summed E-state index contributed by atoms with van der Waals surface area (Å²) in [5, 5.41) is 14.6. The predicted octanol–water partition coefficient (Wildman–Crippen LogP) is 5.64. The van der Waals surface area contributed by atoms with Crippen molar-refractivity contribution in [2.45, 2.75) is 56.2 Å². The number of halogens is 7. The zero-order chi connectivity index (χ0) is 21.6. The summed E-state index contributed by atoms with van der Waals surface area (Å²) in [6, 6.07) is 0.261. The Kier molecular flexibility index (Phi) is 5.97. The molecule has 2 aliphatic carbocycles. The van der Waals surface area contributed by atoms with E-state index in [-0.39, 0.29) is 65.9 Å². The largest absolute Gasteiger partial charge is 0.421 e. The van der Waals surface area contributed by atoms with E-state index in [1.165, 1.54) is 0 Å². The van der Waals surface area contributed by atoms with Gasteiger partial charge in [-0.25, -0.2) is 13.6 Å². The van der Waals surface area contributed by atoms with Crippen molar-refractivity contribution in [2.75, 3.05) is 11.9 Å². The van der Waals surface area contributed by atoms with E-state index in [2.05, 4.69) is 10.6 Å². The summed E-state index contributed by atoms with van der Waals surface area (Å²) in [4.78, 5) is 12.2. The van der Waals surface area contributed by atoms with Gasteiger partial charge in [0.05, 0.1) is 15.7 Å². The highest BCUT2D eigenvalue weighted by Gasteiger charge is 2.58. The fourth-order valence-electron chi connectivity index (χ4n) is 3.82. The molecule has 0 aromatic heterocycles. The van der Waals surface area contributed by atoms with Crippen LogP contribution in [0.25, 0.3) is 0 Å². The van der Waals surface area contributed by atoms with Gasteiger partial charge in [0, 0.05) is 19.4 Å². The first kappa shape index (κ1) is 22.4. The first-order chi connectivity index (χ1) is 13.3. The van der Waals surface area contributed by atoms with E-state index in [4.69, 9.17) is 23.2 Å². The second-order valence-electron chi connectivity index (χ2n) is 7.57. The van der Waals surface area contributed by atoms with E-state index >= 15 is 0 Å². The molecular formula is C18H19Cl2F5N2O2. The van der Waals surface area contributed by atoms with Crippen LogP contribution in [-0.4, -0.2) is 29.8 Å². The molecule has 162 valence electrons. The Balaban J connectivity index is 1.69. The van der Waals surface area contributed by atoms with E-state index in [0.29, 0.717) is 0 Å². The van der Waals surface area contributed by atoms with Gasteiger partial charge in [-0.05, 0) is 48.8 Å². The van der Waals surface area contributed by atoms with E-state index < -0.39 is 35.7 Å². The molecule has 0 spiro atoms. The molecule has 1 unspecified atom stereocenters. The number of hydrogen-bond acceptors (Lipinski definition) is 2. The molecular weight excluding hydrogens is 442 g/mol. The van der Waals surface area contributed by atoms with Gasteiger partial charge in [-0.1, -0.05) is 23.2 Å². The highest BCUT2D eigenvalue weighted by Crippen LogP contribution is 2.52. The van der Waals surface area contributed by atoms with Crippen LogP contribution in [0.4, 0.5) is 32.4 Å². The number of benzene rings is 1. The Bertz CT molecular complexity index is 808. The zero-order valence-corrected chi connectivity index (χ0v) is 16.6. The van der Waals surface area contributed by atoms with E-state index in [0.717, 1.165) is 6.07 Å². The average molecular weight is 461 g/mol. The summed E-state index contributed by atoms with van der Waals surface area (Å²) in [7, 11) is 0. The first-order valence-electron chi connectivity index (χ1n) is 9.07. The second-order valence-corrected chi connectivity index (χ2v) is 8.35. The lowest BCUT2D eigenvalue weighted by Gasteiger charge is -2.28. The summed E-state index contributed by atoms with van der Waals surface area (Å²) in [5.41, 5.74) is -3.46. The number of alkyl halides is 5. The van der Waals surface area contributed by atoms with Crippen molar-refractivity contribution in [3.05, 3.63) is 27.2 Å². The number of fused-ring (bicyclic) bond motifs is 1. The molecule has 0 radical (unpaired) electrons. The molecule has 0 bridgehead atoms. The van der Waals surface area contributed by atoms with Gasteiger partial charge in [0.2, 0.25) is 5.92 Å². The van der Waals surface area contributed by atoms with Crippen LogP contribution in [-0.2, 0) is 12.0 Å². The third-order valence-electron chi connectivity index (χ3n) is 5.60. The predicted molar refractivity (Wildman–Crippen MR) is 98.7 cm³/mol. The van der Waals surface area contributed by atoms with Crippen LogP contribution in [0.2, 0.25) is 10.0 Å². The SMILES string of the molecule is O=C(NCC1CCC(F)(F)CC1)Nc1c(Cl)cc2c(c1Cl)CCC2(O)C(F)(F)F. The van der Waals surface area contributed by atoms with Crippen molar-refractivity contribution >= 4 is 34.9 Å². The average Bonchev–Trinajstić information content (AvgIpc) is 2.96. The maximum Gasteiger partial charge on any atom is 0.421 e. The van der Waals surface area contributed by atoms with Gasteiger partial charge in [-0.15, -0.1) is 0 Å². The normalized spacial score (nSPS) is 24.3. The van der Waals surface area contributed by atoms with Crippen LogP contribution in [0.15, 0.2) is 6.07 Å². The van der Waals surface area contributed by atoms with Crippen molar-refractivity contribution in [1.82, 2.24) is 5.32 Å². The van der Waals surface area contributed by atoms with Crippen molar-refractivity contribution < 1.29 is 31.9 Å². The van der Waals surface area contributed by atoms with Gasteiger partial charge in [-0.3, -0.25) is 0 Å². The molecule has 1 atom stereocenters. The Morgan fingerprint density at radius 1 is 1.21 bits per heavy atom. The molecule has 4 nitrogen and oxygen atoms in total. The topological polar surface area (TPSA) is 61.4 Å². The minimum atomic E-state index is -4.89. The number of hydrogen-bond donors (Lipinski definition) is 3. The van der Waals surface area contributed by atoms with Crippen LogP contribution < -0.4 is 10.6 Å². The van der Waals surface area contributed by atoms with Crippen molar-refractivity contribution in [2.24, 2.45) is 5.92 Å². The standard InChI is InChI=1S/C18H19Cl2F5N2O2/c19-12-7-11-10(3-6-17(11,29)18(23,24)25)13(20)14(12)27-15(28)26-8-9-1-4-16(21,22)5-2-9/h7,9,29H,1-6,8H2,(H2,26,27,28). The van der Waals surface area contributed by atoms with Crippen molar-refractivity contribution in [1.29, 1.82) is 0 Å². The smallest absolute Gasteiger partial charge is 0.376 e. The maximum atomic E-state index is 13.3. The lowest BCUT2D eigenvalue weighted by Crippen LogP contribution is -2.40. The number of urea groups is 1. The van der Waals surface area contributed by atoms with Crippen molar-refractivity contribution in [3.8, 4) is 0 Å². The number of carbonyl (C=O) groups is 1. The van der Waals surface area contributed by atoms with Crippen LogP contribution in [0.3, 0.4) is 0 Å². The van der Waals surface area contributed by atoms with Crippen LogP contribution in [0, 0.1) is 5.92 Å². The summed E-state index contributed by atoms with van der Waals surface area (Å²) in [6.07, 6.45) is -5.52. The molecule has 3 rings (SSSR count). The Morgan fingerprint density at radius 2 is 1.83 bits per heavy atom. The third-order valence-corrected chi connectivity index (χ3v) is 6.31. The van der Waals surface area contributed by atoms with Gasteiger partial charge in [0.15, 0.2) is 5.60 Å². The molecule has 0 saturated heterocycles. The Morgan fingerprint density at radius 3 is 2.41 bits per heavy atom. The third kappa shape index (κ3) is 4.41. The molecule has 0 heterocycles. The summed E-state index contributed by atoms with van der Waals surface area (Å²) in [5.74, 6) is -2.75. The van der Waals surface area contributed by atoms with Gasteiger partial charge < -0.3 is 15.7 Å². The Labute approximate surface area is 173 Å². The summed E-state index contributed by atoms with van der Waals surface area (Å²) in [6.45, 7) is 0.177. The molecule has 2 amide bonds. The zero-order valence-electron chi connectivity index (χ0n) is 15.1. The minimum absolute atomic E-state index is 0.0637. The number of amides is 2. The lowest BCUT2D eigenvalue weighted by atomic mass is 9.87. The highest BCUT2D eigenvalue weighted by atomic mass is 35.5.